The van der Waals surface area contributed by atoms with Gasteiger partial charge in [-0.25, -0.2) is 4.79 Å². The summed E-state index contributed by atoms with van der Waals surface area (Å²) in [6.07, 6.45) is 5.98. The van der Waals surface area contributed by atoms with Gasteiger partial charge in [0.1, 0.15) is 0 Å². The first-order valence-corrected chi connectivity index (χ1v) is 2.29. The van der Waals surface area contributed by atoms with Crippen LogP contribution in [0.4, 0.5) is 0 Å². The molecule has 0 unspecified atom stereocenters. The van der Waals surface area contributed by atoms with Crippen LogP contribution in [0.15, 0.2) is 24.3 Å². The number of allylic oxidation sites excluding steroid dienone is 3. The second-order valence-electron chi connectivity index (χ2n) is 1.22. The van der Waals surface area contributed by atoms with E-state index in [1.54, 1.807) is 12.2 Å². The molecule has 0 fully saturated rings. The Labute approximate surface area is 98.5 Å². The van der Waals surface area contributed by atoms with Crippen LogP contribution in [0.1, 0.15) is 8.35 Å². The molecule has 0 aliphatic rings. The Balaban J connectivity index is -0.000000245. The molecule has 0 rings (SSSR count). The van der Waals surface area contributed by atoms with Crippen LogP contribution < -0.4 is 0 Å². The predicted molar refractivity (Wildman–Crippen MR) is 39.9 cm³/mol. The quantitative estimate of drug-likeness (QED) is 0.359. The molecule has 0 bridgehead atoms. The van der Waals surface area contributed by atoms with E-state index < -0.39 is 5.97 Å². The molecule has 0 aromatic heterocycles. The van der Waals surface area contributed by atoms with Gasteiger partial charge < -0.3 is 5.11 Å². The average Bonchev–Trinajstić information content (AvgIpc) is 1.66. The SMILES string of the molecule is C/C=C/C=C/C(=O)O.[H+].[KH]. The molecule has 0 radical (unpaired) electrons. The Kier molecular flexibility index (Phi) is 11.7. The summed E-state index contributed by atoms with van der Waals surface area (Å²) in [5.41, 5.74) is 0. The summed E-state index contributed by atoms with van der Waals surface area (Å²) in [5, 5.41) is 8.02. The number of carboxylic acids is 1. The third-order valence-electron chi connectivity index (χ3n) is 0.542. The van der Waals surface area contributed by atoms with E-state index in [9.17, 15) is 4.79 Å². The minimum atomic E-state index is -0.914. The Morgan fingerprint density at radius 1 is 1.56 bits per heavy atom. The monoisotopic (exact) mass is 153 g/mol. The maximum absolute atomic E-state index is 9.75. The van der Waals surface area contributed by atoms with E-state index in [-0.39, 0.29) is 52.8 Å². The number of hydrogen-bond acceptors (Lipinski definition) is 1. The summed E-state index contributed by atoms with van der Waals surface area (Å²) in [7, 11) is 0. The number of hydrogen-bond donors (Lipinski definition) is 1. The van der Waals surface area contributed by atoms with Crippen LogP contribution in [0.2, 0.25) is 0 Å². The fraction of sp³-hybridized carbons (Fsp3) is 0.167. The van der Waals surface area contributed by atoms with E-state index in [4.69, 9.17) is 5.11 Å². The van der Waals surface area contributed by atoms with Crippen molar-refractivity contribution in [3.63, 3.8) is 0 Å². The minimum absolute atomic E-state index is 0. The summed E-state index contributed by atoms with van der Waals surface area (Å²) in [6, 6.07) is 0. The van der Waals surface area contributed by atoms with Crippen LogP contribution in [-0.4, -0.2) is 62.5 Å². The van der Waals surface area contributed by atoms with Crippen molar-refractivity contribution < 1.29 is 11.3 Å². The fourth-order valence-corrected chi connectivity index (χ4v) is 0.249. The molecular formula is C6H10KO2+. The summed E-state index contributed by atoms with van der Waals surface area (Å²) in [6.45, 7) is 1.83. The first-order valence-electron chi connectivity index (χ1n) is 2.29. The van der Waals surface area contributed by atoms with Crippen molar-refractivity contribution in [2.75, 3.05) is 0 Å². The van der Waals surface area contributed by atoms with Gasteiger partial charge in [-0.15, -0.1) is 0 Å². The van der Waals surface area contributed by atoms with Gasteiger partial charge in [0.2, 0.25) is 0 Å². The van der Waals surface area contributed by atoms with E-state index in [2.05, 4.69) is 0 Å². The van der Waals surface area contributed by atoms with Crippen molar-refractivity contribution in [3.8, 4) is 0 Å². The Bertz CT molecular complexity index is 132. The molecule has 46 valence electrons. The standard InChI is InChI=1S/C6H8O2.K.H/c1-2-3-4-5-6(7)8;;/h2-5H,1H3,(H,7,8);;/p+1/b3-2+,5-4+;;. The Morgan fingerprint density at radius 2 is 2.11 bits per heavy atom. The molecule has 0 aromatic rings. The summed E-state index contributed by atoms with van der Waals surface area (Å²) in [5.74, 6) is -0.914. The Hall–Kier alpha value is 0.586. The number of rotatable bonds is 2. The van der Waals surface area contributed by atoms with Crippen molar-refractivity contribution >= 4 is 57.4 Å². The van der Waals surface area contributed by atoms with E-state index >= 15 is 0 Å². The van der Waals surface area contributed by atoms with Gasteiger partial charge in [-0.3, -0.25) is 0 Å². The number of carboxylic acid groups (broad SMARTS) is 1. The van der Waals surface area contributed by atoms with Crippen LogP contribution in [0, 0.1) is 0 Å². The molecule has 2 nitrogen and oxygen atoms in total. The van der Waals surface area contributed by atoms with Gasteiger partial charge >= 0.3 is 58.8 Å². The van der Waals surface area contributed by atoms with E-state index in [0.29, 0.717) is 0 Å². The van der Waals surface area contributed by atoms with E-state index in [1.165, 1.54) is 6.08 Å². The second-order valence-corrected chi connectivity index (χ2v) is 1.22. The first kappa shape index (κ1) is 12.3. The molecule has 0 saturated heterocycles. The topological polar surface area (TPSA) is 37.3 Å². The summed E-state index contributed by atoms with van der Waals surface area (Å²) >= 11 is 0. The zero-order chi connectivity index (χ0) is 6.41. The fourth-order valence-electron chi connectivity index (χ4n) is 0.249. The molecule has 0 aromatic carbocycles. The predicted octanol–water partition coefficient (Wildman–Crippen LogP) is 0.667. The van der Waals surface area contributed by atoms with Gasteiger partial charge in [0.15, 0.2) is 0 Å². The zero-order valence-corrected chi connectivity index (χ0v) is 4.66. The Morgan fingerprint density at radius 3 is 2.44 bits per heavy atom. The van der Waals surface area contributed by atoms with Crippen molar-refractivity contribution in [1.82, 2.24) is 0 Å². The normalized spacial score (nSPS) is 9.89. The molecule has 0 atom stereocenters. The molecule has 0 heterocycles. The van der Waals surface area contributed by atoms with Crippen LogP contribution >= 0.6 is 0 Å². The molecule has 3 heteroatoms. The van der Waals surface area contributed by atoms with Crippen molar-refractivity contribution in [2.24, 2.45) is 0 Å². The van der Waals surface area contributed by atoms with Crippen LogP contribution in [0.5, 0.6) is 0 Å². The molecule has 0 aliphatic carbocycles. The van der Waals surface area contributed by atoms with Crippen LogP contribution in [0.25, 0.3) is 0 Å². The van der Waals surface area contributed by atoms with Crippen molar-refractivity contribution in [1.29, 1.82) is 0 Å². The van der Waals surface area contributed by atoms with Crippen LogP contribution in [0.3, 0.4) is 0 Å². The molecule has 0 amide bonds. The van der Waals surface area contributed by atoms with Crippen molar-refractivity contribution in [2.45, 2.75) is 6.92 Å². The summed E-state index contributed by atoms with van der Waals surface area (Å²) < 4.78 is 0. The van der Waals surface area contributed by atoms with Gasteiger partial charge in [0, 0.05) is 6.08 Å². The van der Waals surface area contributed by atoms with Crippen LogP contribution in [-0.2, 0) is 4.79 Å². The first-order chi connectivity index (χ1) is 3.77. The number of carbonyl (C=O) groups is 1. The van der Waals surface area contributed by atoms with Gasteiger partial charge in [0.25, 0.3) is 0 Å². The molecular weight excluding hydrogens is 143 g/mol. The molecule has 0 aliphatic heterocycles. The molecule has 1 N–H and O–H groups in total. The third kappa shape index (κ3) is 11.9. The molecule has 0 saturated carbocycles. The third-order valence-corrected chi connectivity index (χ3v) is 0.542. The zero-order valence-electron chi connectivity index (χ0n) is 5.66. The number of aliphatic carboxylic acids is 1. The van der Waals surface area contributed by atoms with E-state index in [1.807, 2.05) is 6.92 Å². The van der Waals surface area contributed by atoms with Gasteiger partial charge in [-0.2, -0.15) is 0 Å². The molecule has 9 heavy (non-hydrogen) atoms. The van der Waals surface area contributed by atoms with Crippen molar-refractivity contribution in [3.05, 3.63) is 24.3 Å². The maximum atomic E-state index is 9.75. The van der Waals surface area contributed by atoms with Gasteiger partial charge in [-0.1, -0.05) is 18.2 Å². The second kappa shape index (κ2) is 8.59. The summed E-state index contributed by atoms with van der Waals surface area (Å²) in [4.78, 5) is 9.75. The van der Waals surface area contributed by atoms with Gasteiger partial charge in [0.05, 0.1) is 0 Å². The average molecular weight is 153 g/mol. The molecule has 0 spiro atoms. The van der Waals surface area contributed by atoms with E-state index in [0.717, 1.165) is 6.08 Å². The van der Waals surface area contributed by atoms with Gasteiger partial charge in [-0.05, 0) is 6.92 Å².